The zero-order valence-electron chi connectivity index (χ0n) is 10.8. The first-order chi connectivity index (χ1) is 7.53. The minimum absolute atomic E-state index is 0.197. The predicted molar refractivity (Wildman–Crippen MR) is 66.3 cm³/mol. The molecule has 0 rings (SSSR count). The van der Waals surface area contributed by atoms with E-state index in [1.165, 1.54) is 14.2 Å². The Morgan fingerprint density at radius 1 is 1.12 bits per heavy atom. The van der Waals surface area contributed by atoms with Crippen LogP contribution in [0, 0.1) is 0 Å². The van der Waals surface area contributed by atoms with Crippen molar-refractivity contribution in [3.05, 3.63) is 0 Å². The lowest BCUT2D eigenvalue weighted by Gasteiger charge is -2.23. The van der Waals surface area contributed by atoms with E-state index in [1.54, 1.807) is 0 Å². The molecule has 1 unspecified atom stereocenters. The van der Waals surface area contributed by atoms with Gasteiger partial charge in [-0.25, -0.2) is 0 Å². The van der Waals surface area contributed by atoms with Gasteiger partial charge in [-0.3, -0.25) is 4.57 Å². The molecule has 5 nitrogen and oxygen atoms in total. The molecule has 98 valence electrons. The van der Waals surface area contributed by atoms with Gasteiger partial charge in [-0.15, -0.1) is 0 Å². The Morgan fingerprint density at radius 3 is 1.88 bits per heavy atom. The normalized spacial score (nSPS) is 14.4. The van der Waals surface area contributed by atoms with Crippen molar-refractivity contribution in [2.75, 3.05) is 27.4 Å². The van der Waals surface area contributed by atoms with E-state index in [4.69, 9.17) is 17.9 Å². The fourth-order valence-electron chi connectivity index (χ4n) is 1.40. The lowest BCUT2D eigenvalue weighted by Crippen LogP contribution is -2.27. The third-order valence-electron chi connectivity index (χ3n) is 2.29. The van der Waals surface area contributed by atoms with Gasteiger partial charge >= 0.3 is 16.9 Å². The maximum Gasteiger partial charge on any atom is 0.332 e. The summed E-state index contributed by atoms with van der Waals surface area (Å²) in [7, 11) is -1.95. The molecule has 0 spiro atoms. The van der Waals surface area contributed by atoms with Crippen LogP contribution in [0.25, 0.3) is 0 Å². The number of rotatable bonds is 9. The van der Waals surface area contributed by atoms with Gasteiger partial charge in [0.25, 0.3) is 0 Å². The fourth-order valence-corrected chi connectivity index (χ4v) is 5.49. The van der Waals surface area contributed by atoms with Gasteiger partial charge in [0.05, 0.1) is 5.66 Å². The average molecular weight is 270 g/mol. The highest BCUT2D eigenvalue weighted by atomic mass is 31.2. The Bertz CT molecular complexity index is 212. The summed E-state index contributed by atoms with van der Waals surface area (Å²) in [4.78, 5) is 0. The lowest BCUT2D eigenvalue weighted by molar-refractivity contribution is 0.210. The molecule has 0 aliphatic rings. The van der Waals surface area contributed by atoms with Gasteiger partial charge in [-0.05, 0) is 13.8 Å². The minimum Gasteiger partial charge on any atom is -0.397 e. The SMILES string of the molecule is CCO[SiH](CC(C)P(=O)(OC)OC)OCC. The molecular weight excluding hydrogens is 247 g/mol. The van der Waals surface area contributed by atoms with Gasteiger partial charge in [-0.1, -0.05) is 6.92 Å². The van der Waals surface area contributed by atoms with E-state index in [9.17, 15) is 4.57 Å². The van der Waals surface area contributed by atoms with E-state index in [0.29, 0.717) is 19.3 Å². The first-order valence-corrected chi connectivity index (χ1v) is 8.85. The smallest absolute Gasteiger partial charge is 0.332 e. The Labute approximate surface area is 99.8 Å². The van der Waals surface area contributed by atoms with Crippen molar-refractivity contribution in [3.63, 3.8) is 0 Å². The van der Waals surface area contributed by atoms with Gasteiger partial charge in [-0.2, -0.15) is 0 Å². The van der Waals surface area contributed by atoms with E-state index in [0.717, 1.165) is 0 Å². The van der Waals surface area contributed by atoms with Crippen molar-refractivity contribution in [2.45, 2.75) is 32.5 Å². The summed E-state index contributed by atoms with van der Waals surface area (Å²) in [5.74, 6) is 0. The predicted octanol–water partition coefficient (Wildman–Crippen LogP) is 2.15. The zero-order chi connectivity index (χ0) is 12.6. The summed E-state index contributed by atoms with van der Waals surface area (Å²) < 4.78 is 33.0. The van der Waals surface area contributed by atoms with Gasteiger partial charge in [0.1, 0.15) is 0 Å². The summed E-state index contributed by atoms with van der Waals surface area (Å²) in [6, 6.07) is 0.626. The molecule has 0 radical (unpaired) electrons. The molecule has 0 amide bonds. The van der Waals surface area contributed by atoms with Gasteiger partial charge < -0.3 is 17.9 Å². The Morgan fingerprint density at radius 2 is 1.56 bits per heavy atom. The molecule has 0 aliphatic heterocycles. The van der Waals surface area contributed by atoms with E-state index in [2.05, 4.69) is 0 Å². The monoisotopic (exact) mass is 270 g/mol. The molecule has 0 aromatic heterocycles. The average Bonchev–Trinajstić information content (AvgIpc) is 2.28. The standard InChI is InChI=1S/C9H23O5PSi/c1-6-13-16(14-7-2)8-9(3)15(10,11-4)12-5/h9,16H,6-8H2,1-5H3. The second-order valence-electron chi connectivity index (χ2n) is 3.33. The van der Waals surface area contributed by atoms with Crippen LogP contribution >= 0.6 is 7.60 Å². The summed E-state index contributed by atoms with van der Waals surface area (Å²) in [5, 5.41) is 0. The highest BCUT2D eigenvalue weighted by molar-refractivity contribution is 7.54. The van der Waals surface area contributed by atoms with Crippen LogP contribution in [0.4, 0.5) is 0 Å². The van der Waals surface area contributed by atoms with Gasteiger partial charge in [0.2, 0.25) is 0 Å². The van der Waals surface area contributed by atoms with Gasteiger partial charge in [0.15, 0.2) is 0 Å². The second kappa shape index (κ2) is 8.39. The van der Waals surface area contributed by atoms with Crippen LogP contribution in [0.5, 0.6) is 0 Å². The molecule has 0 heterocycles. The van der Waals surface area contributed by atoms with Crippen molar-refractivity contribution >= 4 is 16.9 Å². The number of hydrogen-bond acceptors (Lipinski definition) is 5. The van der Waals surface area contributed by atoms with Crippen LogP contribution in [0.1, 0.15) is 20.8 Å². The molecular formula is C9H23O5PSi. The third-order valence-corrected chi connectivity index (χ3v) is 7.49. The molecule has 7 heteroatoms. The van der Waals surface area contributed by atoms with E-state index in [-0.39, 0.29) is 5.66 Å². The molecule has 16 heavy (non-hydrogen) atoms. The maximum absolute atomic E-state index is 12.1. The highest BCUT2D eigenvalue weighted by Gasteiger charge is 2.33. The van der Waals surface area contributed by atoms with Crippen LogP contribution in [0.2, 0.25) is 6.04 Å². The van der Waals surface area contributed by atoms with Gasteiger partial charge in [0, 0.05) is 33.5 Å². The molecule has 0 fully saturated rings. The molecule has 0 aliphatic carbocycles. The number of hydrogen-bond donors (Lipinski definition) is 0. The van der Waals surface area contributed by atoms with Crippen LogP contribution in [-0.2, 0) is 22.5 Å². The quantitative estimate of drug-likeness (QED) is 0.474. The summed E-state index contributed by atoms with van der Waals surface area (Å²) in [6.07, 6.45) is 0. The van der Waals surface area contributed by atoms with Crippen molar-refractivity contribution in [3.8, 4) is 0 Å². The molecule has 0 N–H and O–H groups in total. The first-order valence-electron chi connectivity index (χ1n) is 5.48. The Hall–Kier alpha value is 0.287. The molecule has 1 atom stereocenters. The van der Waals surface area contributed by atoms with Crippen LogP contribution in [0.3, 0.4) is 0 Å². The largest absolute Gasteiger partial charge is 0.397 e. The third kappa shape index (κ3) is 5.08. The van der Waals surface area contributed by atoms with Crippen LogP contribution in [0.15, 0.2) is 0 Å². The Balaban J connectivity index is 4.36. The maximum atomic E-state index is 12.1. The first kappa shape index (κ1) is 16.3. The lowest BCUT2D eigenvalue weighted by atomic mass is 10.6. The summed E-state index contributed by atoms with van der Waals surface area (Å²) >= 11 is 0. The Kier molecular flexibility index (Phi) is 8.54. The molecule has 0 aromatic carbocycles. The minimum atomic E-state index is -3.00. The van der Waals surface area contributed by atoms with E-state index < -0.39 is 16.9 Å². The highest BCUT2D eigenvalue weighted by Crippen LogP contribution is 2.53. The summed E-state index contributed by atoms with van der Waals surface area (Å²) in [6.45, 7) is 6.93. The molecule has 0 aromatic rings. The summed E-state index contributed by atoms with van der Waals surface area (Å²) in [5.41, 5.74) is -0.197. The molecule has 0 bridgehead atoms. The molecule has 0 saturated heterocycles. The van der Waals surface area contributed by atoms with Crippen LogP contribution < -0.4 is 0 Å². The molecule has 0 saturated carbocycles. The van der Waals surface area contributed by atoms with E-state index >= 15 is 0 Å². The van der Waals surface area contributed by atoms with Crippen molar-refractivity contribution < 1.29 is 22.5 Å². The van der Waals surface area contributed by atoms with Crippen LogP contribution in [-0.4, -0.2) is 42.4 Å². The zero-order valence-corrected chi connectivity index (χ0v) is 12.8. The van der Waals surface area contributed by atoms with E-state index in [1.807, 2.05) is 20.8 Å². The van der Waals surface area contributed by atoms with Crippen molar-refractivity contribution in [1.82, 2.24) is 0 Å². The van der Waals surface area contributed by atoms with Crippen molar-refractivity contribution in [2.24, 2.45) is 0 Å². The van der Waals surface area contributed by atoms with Crippen molar-refractivity contribution in [1.29, 1.82) is 0 Å². The fraction of sp³-hybridized carbons (Fsp3) is 1.00. The topological polar surface area (TPSA) is 54.0 Å². The second-order valence-corrected chi connectivity index (χ2v) is 8.02.